The molecule has 2 heterocycles. The van der Waals surface area contributed by atoms with Gasteiger partial charge < -0.3 is 4.98 Å². The van der Waals surface area contributed by atoms with E-state index in [4.69, 9.17) is 0 Å². The van der Waals surface area contributed by atoms with Gasteiger partial charge in [0.15, 0.2) is 10.8 Å². The zero-order valence-electron chi connectivity index (χ0n) is 5.33. The second kappa shape index (κ2) is 2.09. The smallest absolute Gasteiger partial charge is 0.303 e. The molecule has 56 valence electrons. The number of imidazole rings is 1. The third-order valence-corrected chi connectivity index (χ3v) is 1.47. The van der Waals surface area contributed by atoms with Gasteiger partial charge in [0.2, 0.25) is 0 Å². The summed E-state index contributed by atoms with van der Waals surface area (Å²) in [6.07, 6.45) is 1.50. The molecule has 0 saturated carbocycles. The van der Waals surface area contributed by atoms with Gasteiger partial charge in [-0.3, -0.25) is 4.98 Å². The van der Waals surface area contributed by atoms with E-state index in [0.717, 1.165) is 0 Å². The van der Waals surface area contributed by atoms with E-state index in [9.17, 15) is 4.79 Å². The fraction of sp³-hybridized carbons (Fsp3) is 0. The van der Waals surface area contributed by atoms with Crippen molar-refractivity contribution < 1.29 is 0 Å². The summed E-state index contributed by atoms with van der Waals surface area (Å²) in [7, 11) is 0. The van der Waals surface area contributed by atoms with Crippen LogP contribution in [-0.4, -0.2) is 19.9 Å². The van der Waals surface area contributed by atoms with Crippen molar-refractivity contribution in [3.05, 3.63) is 16.7 Å². The molecule has 0 aromatic carbocycles. The topological polar surface area (TPSA) is 74.4 Å². The van der Waals surface area contributed by atoms with Crippen molar-refractivity contribution in [2.24, 2.45) is 0 Å². The van der Waals surface area contributed by atoms with E-state index in [0.29, 0.717) is 16.3 Å². The van der Waals surface area contributed by atoms with Gasteiger partial charge in [-0.25, -0.2) is 14.8 Å². The Kier molecular flexibility index (Phi) is 1.22. The molecule has 0 aliphatic carbocycles. The predicted molar refractivity (Wildman–Crippen MR) is 41.8 cm³/mol. The molecular formula is C5H4N4OS. The van der Waals surface area contributed by atoms with Gasteiger partial charge in [0.25, 0.3) is 0 Å². The summed E-state index contributed by atoms with van der Waals surface area (Å²) < 4.78 is 0. The van der Waals surface area contributed by atoms with Gasteiger partial charge in [-0.2, -0.15) is 0 Å². The van der Waals surface area contributed by atoms with Crippen LogP contribution >= 0.6 is 12.6 Å². The van der Waals surface area contributed by atoms with Crippen LogP contribution in [0.4, 0.5) is 0 Å². The molecule has 2 aromatic rings. The first-order valence-electron chi connectivity index (χ1n) is 2.90. The lowest BCUT2D eigenvalue weighted by Crippen LogP contribution is -1.99. The van der Waals surface area contributed by atoms with Gasteiger partial charge in [0.1, 0.15) is 5.52 Å². The van der Waals surface area contributed by atoms with Crippen LogP contribution in [0, 0.1) is 0 Å². The summed E-state index contributed by atoms with van der Waals surface area (Å²) in [5.41, 5.74) is 0.788. The van der Waals surface area contributed by atoms with Crippen LogP contribution in [0.2, 0.25) is 0 Å². The van der Waals surface area contributed by atoms with Crippen LogP contribution < -0.4 is 5.69 Å². The van der Waals surface area contributed by atoms with E-state index < -0.39 is 0 Å². The second-order valence-corrected chi connectivity index (χ2v) is 2.41. The summed E-state index contributed by atoms with van der Waals surface area (Å²) in [6.45, 7) is 0. The number of thiol groups is 1. The van der Waals surface area contributed by atoms with Crippen LogP contribution in [0.1, 0.15) is 0 Å². The Morgan fingerprint density at radius 2 is 2.27 bits per heavy atom. The molecule has 0 bridgehead atoms. The zero-order chi connectivity index (χ0) is 7.84. The molecule has 0 amide bonds. The normalized spacial score (nSPS) is 10.6. The van der Waals surface area contributed by atoms with Crippen molar-refractivity contribution in [3.8, 4) is 0 Å². The van der Waals surface area contributed by atoms with E-state index in [-0.39, 0.29) is 5.69 Å². The Hall–Kier alpha value is -1.30. The number of rotatable bonds is 0. The van der Waals surface area contributed by atoms with Gasteiger partial charge in [-0.15, -0.1) is 12.6 Å². The average molecular weight is 168 g/mol. The highest BCUT2D eigenvalue weighted by Crippen LogP contribution is 2.03. The maximum atomic E-state index is 10.7. The number of aromatic nitrogens is 4. The second-order valence-electron chi connectivity index (χ2n) is 2.01. The van der Waals surface area contributed by atoms with Gasteiger partial charge in [-0.05, 0) is 0 Å². The lowest BCUT2D eigenvalue weighted by Gasteiger charge is -1.87. The Labute approximate surface area is 66.3 Å². The SMILES string of the molecule is O=c1[nH]c2cnc(S)nc2[nH]1. The molecule has 0 atom stereocenters. The minimum Gasteiger partial charge on any atom is -0.303 e. The standard InChI is InChI=1S/C5H4N4OS/c10-4-7-2-1-6-5(11)9-3(2)8-4/h1H,(H3,6,7,8,9,10,11). The Bertz CT molecular complexity index is 445. The average Bonchev–Trinajstić information content (AvgIpc) is 2.27. The zero-order valence-corrected chi connectivity index (χ0v) is 6.22. The molecule has 2 N–H and O–H groups in total. The van der Waals surface area contributed by atoms with E-state index in [1.54, 1.807) is 0 Å². The molecule has 6 heteroatoms. The summed E-state index contributed by atoms with van der Waals surface area (Å²) >= 11 is 3.91. The molecule has 0 fully saturated rings. The first-order valence-corrected chi connectivity index (χ1v) is 3.34. The van der Waals surface area contributed by atoms with Crippen LogP contribution in [-0.2, 0) is 0 Å². The predicted octanol–water partition coefficient (Wildman–Crippen LogP) is -0.0651. The summed E-state index contributed by atoms with van der Waals surface area (Å²) in [5, 5.41) is 0.341. The van der Waals surface area contributed by atoms with Gasteiger partial charge >= 0.3 is 5.69 Å². The molecular weight excluding hydrogens is 164 g/mol. The van der Waals surface area contributed by atoms with Gasteiger partial charge in [-0.1, -0.05) is 0 Å². The van der Waals surface area contributed by atoms with Crippen LogP contribution in [0.15, 0.2) is 16.1 Å². The molecule has 0 saturated heterocycles. The highest BCUT2D eigenvalue weighted by Gasteiger charge is 1.98. The molecule has 11 heavy (non-hydrogen) atoms. The molecule has 2 rings (SSSR count). The number of hydrogen-bond donors (Lipinski definition) is 3. The van der Waals surface area contributed by atoms with Crippen molar-refractivity contribution in [3.63, 3.8) is 0 Å². The van der Waals surface area contributed by atoms with Crippen molar-refractivity contribution in [1.29, 1.82) is 0 Å². The van der Waals surface area contributed by atoms with Crippen LogP contribution in [0.3, 0.4) is 0 Å². The quantitative estimate of drug-likeness (QED) is 0.381. The number of hydrogen-bond acceptors (Lipinski definition) is 4. The fourth-order valence-corrected chi connectivity index (χ4v) is 0.978. The molecule has 0 aliphatic heterocycles. The summed E-state index contributed by atoms with van der Waals surface area (Å²) in [5.74, 6) is 0. The number of nitrogens with one attached hydrogen (secondary N) is 2. The van der Waals surface area contributed by atoms with Crippen molar-refractivity contribution in [1.82, 2.24) is 19.9 Å². The number of nitrogens with zero attached hydrogens (tertiary/aromatic N) is 2. The monoisotopic (exact) mass is 168 g/mol. The first kappa shape index (κ1) is 6.41. The molecule has 0 aliphatic rings. The highest BCUT2D eigenvalue weighted by molar-refractivity contribution is 7.80. The maximum absolute atomic E-state index is 10.7. The Morgan fingerprint density at radius 1 is 1.45 bits per heavy atom. The highest BCUT2D eigenvalue weighted by atomic mass is 32.1. The minimum absolute atomic E-state index is 0.284. The Morgan fingerprint density at radius 3 is 3.09 bits per heavy atom. The van der Waals surface area contributed by atoms with Gasteiger partial charge in [0.05, 0.1) is 6.20 Å². The fourth-order valence-electron chi connectivity index (χ4n) is 0.820. The summed E-state index contributed by atoms with van der Waals surface area (Å²) in [6, 6.07) is 0. The Balaban J connectivity index is 2.92. The van der Waals surface area contributed by atoms with Crippen LogP contribution in [0.5, 0.6) is 0 Å². The molecule has 5 nitrogen and oxygen atoms in total. The van der Waals surface area contributed by atoms with Gasteiger partial charge in [0, 0.05) is 0 Å². The van der Waals surface area contributed by atoms with Crippen molar-refractivity contribution in [2.45, 2.75) is 5.16 Å². The third kappa shape index (κ3) is 1.01. The van der Waals surface area contributed by atoms with Crippen molar-refractivity contribution in [2.75, 3.05) is 0 Å². The summed E-state index contributed by atoms with van der Waals surface area (Å²) in [4.78, 5) is 23.3. The largest absolute Gasteiger partial charge is 0.325 e. The third-order valence-electron chi connectivity index (χ3n) is 1.26. The minimum atomic E-state index is -0.284. The molecule has 0 spiro atoms. The molecule has 0 radical (unpaired) electrons. The molecule has 2 aromatic heterocycles. The number of fused-ring (bicyclic) bond motifs is 1. The first-order chi connectivity index (χ1) is 5.25. The molecule has 0 unspecified atom stereocenters. The van der Waals surface area contributed by atoms with Crippen LogP contribution in [0.25, 0.3) is 11.2 Å². The van der Waals surface area contributed by atoms with E-state index in [1.807, 2.05) is 0 Å². The van der Waals surface area contributed by atoms with E-state index in [1.165, 1.54) is 6.20 Å². The lowest BCUT2D eigenvalue weighted by atomic mass is 10.6. The number of H-pyrrole nitrogens is 2. The maximum Gasteiger partial charge on any atom is 0.325 e. The lowest BCUT2D eigenvalue weighted by molar-refractivity contribution is 1.00. The van der Waals surface area contributed by atoms with E-state index in [2.05, 4.69) is 32.6 Å². The number of aromatic amines is 2. The van der Waals surface area contributed by atoms with Crippen molar-refractivity contribution >= 4 is 23.8 Å². The van der Waals surface area contributed by atoms with E-state index >= 15 is 0 Å².